The second kappa shape index (κ2) is 8.85. The van der Waals surface area contributed by atoms with Gasteiger partial charge in [0.05, 0.1) is 14.2 Å². The second-order valence-electron chi connectivity index (χ2n) is 6.76. The summed E-state index contributed by atoms with van der Waals surface area (Å²) < 4.78 is 67.3. The molecule has 0 bridgehead atoms. The highest BCUT2D eigenvalue weighted by Crippen LogP contribution is 2.34. The molecular weight excluding hydrogens is 416 g/mol. The summed E-state index contributed by atoms with van der Waals surface area (Å²) in [6.07, 6.45) is 2.33. The molecule has 10 heteroatoms. The Bertz CT molecular complexity index is 1050. The van der Waals surface area contributed by atoms with E-state index in [0.717, 1.165) is 16.4 Å². The molecule has 1 aliphatic rings. The molecule has 0 N–H and O–H groups in total. The van der Waals surface area contributed by atoms with Gasteiger partial charge in [-0.25, -0.2) is 17.2 Å². The number of nitrogens with zero attached hydrogens (tertiary/aromatic N) is 3. The van der Waals surface area contributed by atoms with E-state index in [9.17, 15) is 17.2 Å². The lowest BCUT2D eigenvalue weighted by Gasteiger charge is -2.29. The minimum atomic E-state index is -4.26. The van der Waals surface area contributed by atoms with Gasteiger partial charge < -0.3 is 14.4 Å². The predicted octanol–water partition coefficient (Wildman–Crippen LogP) is 2.73. The van der Waals surface area contributed by atoms with E-state index in [-0.39, 0.29) is 28.5 Å². The van der Waals surface area contributed by atoms with Crippen LogP contribution in [-0.2, 0) is 16.6 Å². The van der Waals surface area contributed by atoms with Crippen LogP contribution in [0.25, 0.3) is 0 Å². The maximum Gasteiger partial charge on any atom is 0.247 e. The SMILES string of the molecule is COc1ccc(OC)c(S(=O)(=O)N(Cc2c(F)cccc2F)[C@@H]2CCN(C#N)C2)c1. The van der Waals surface area contributed by atoms with Crippen molar-refractivity contribution in [2.75, 3.05) is 27.3 Å². The fourth-order valence-electron chi connectivity index (χ4n) is 3.43. The molecule has 30 heavy (non-hydrogen) atoms. The summed E-state index contributed by atoms with van der Waals surface area (Å²) in [6, 6.07) is 7.01. The average molecular weight is 437 g/mol. The predicted molar refractivity (Wildman–Crippen MR) is 104 cm³/mol. The van der Waals surface area contributed by atoms with Gasteiger partial charge in [0.1, 0.15) is 28.0 Å². The third-order valence-corrected chi connectivity index (χ3v) is 6.96. The molecule has 160 valence electrons. The number of hydrogen-bond acceptors (Lipinski definition) is 6. The first-order valence-corrected chi connectivity index (χ1v) is 10.6. The summed E-state index contributed by atoms with van der Waals surface area (Å²) in [5.74, 6) is -1.33. The molecule has 3 rings (SSSR count). The first-order chi connectivity index (χ1) is 14.3. The maximum atomic E-state index is 14.3. The zero-order valence-corrected chi connectivity index (χ0v) is 17.3. The van der Waals surface area contributed by atoms with E-state index in [1.807, 2.05) is 6.19 Å². The van der Waals surface area contributed by atoms with Gasteiger partial charge in [0.2, 0.25) is 10.0 Å². The largest absolute Gasteiger partial charge is 0.497 e. The van der Waals surface area contributed by atoms with E-state index in [1.54, 1.807) is 6.07 Å². The molecule has 1 atom stereocenters. The van der Waals surface area contributed by atoms with Crippen molar-refractivity contribution in [3.8, 4) is 17.7 Å². The standard InChI is InChI=1S/C20H21F2N3O4S/c1-28-15-6-7-19(29-2)20(10-15)30(26,27)25(14-8-9-24(11-14)13-23)12-16-17(21)4-3-5-18(16)22/h3-7,10,14H,8-9,11-12H2,1-2H3/t14-/m1/s1. The average Bonchev–Trinajstić information content (AvgIpc) is 3.21. The van der Waals surface area contributed by atoms with Crippen LogP contribution in [0.5, 0.6) is 11.5 Å². The highest BCUT2D eigenvalue weighted by atomic mass is 32.2. The Balaban J connectivity index is 2.11. The minimum absolute atomic E-state index is 0.0740. The Morgan fingerprint density at radius 1 is 1.20 bits per heavy atom. The summed E-state index contributed by atoms with van der Waals surface area (Å²) in [5.41, 5.74) is -0.363. The maximum absolute atomic E-state index is 14.3. The lowest BCUT2D eigenvalue weighted by Crippen LogP contribution is -2.41. The third-order valence-electron chi connectivity index (χ3n) is 5.05. The summed E-state index contributed by atoms with van der Waals surface area (Å²) in [4.78, 5) is 1.23. The third kappa shape index (κ3) is 4.17. The van der Waals surface area contributed by atoms with E-state index in [1.165, 1.54) is 37.3 Å². The van der Waals surface area contributed by atoms with Crippen LogP contribution in [-0.4, -0.2) is 51.0 Å². The molecule has 0 radical (unpaired) electrons. The van der Waals surface area contributed by atoms with Crippen molar-refractivity contribution < 1.29 is 26.7 Å². The van der Waals surface area contributed by atoms with Crippen molar-refractivity contribution in [2.45, 2.75) is 23.9 Å². The Hall–Kier alpha value is -2.90. The molecule has 2 aromatic carbocycles. The van der Waals surface area contributed by atoms with E-state index < -0.39 is 34.2 Å². The van der Waals surface area contributed by atoms with Crippen molar-refractivity contribution in [3.05, 3.63) is 53.6 Å². The van der Waals surface area contributed by atoms with E-state index in [0.29, 0.717) is 13.0 Å². The van der Waals surface area contributed by atoms with Gasteiger partial charge in [0, 0.05) is 37.3 Å². The van der Waals surface area contributed by atoms with Crippen LogP contribution in [0.3, 0.4) is 0 Å². The number of rotatable bonds is 7. The van der Waals surface area contributed by atoms with Gasteiger partial charge in [-0.05, 0) is 30.7 Å². The van der Waals surface area contributed by atoms with E-state index in [4.69, 9.17) is 14.7 Å². The minimum Gasteiger partial charge on any atom is -0.497 e. The van der Waals surface area contributed by atoms with E-state index >= 15 is 0 Å². The van der Waals surface area contributed by atoms with Crippen molar-refractivity contribution in [3.63, 3.8) is 0 Å². The molecule has 0 aromatic heterocycles. The van der Waals surface area contributed by atoms with Gasteiger partial charge in [-0.15, -0.1) is 0 Å². The highest BCUT2D eigenvalue weighted by molar-refractivity contribution is 7.89. The first-order valence-electron chi connectivity index (χ1n) is 9.13. The Morgan fingerprint density at radius 2 is 1.90 bits per heavy atom. The number of sulfonamides is 1. The van der Waals surface area contributed by atoms with Gasteiger partial charge in [-0.3, -0.25) is 0 Å². The first kappa shape index (κ1) is 21.8. The normalized spacial score (nSPS) is 16.5. The van der Waals surface area contributed by atoms with Crippen molar-refractivity contribution >= 4 is 10.0 Å². The fraction of sp³-hybridized carbons (Fsp3) is 0.350. The molecule has 0 aliphatic carbocycles. The van der Waals surface area contributed by atoms with Gasteiger partial charge in [0.25, 0.3) is 0 Å². The topological polar surface area (TPSA) is 82.9 Å². The van der Waals surface area contributed by atoms with Gasteiger partial charge in [-0.2, -0.15) is 9.57 Å². The van der Waals surface area contributed by atoms with Crippen LogP contribution in [0, 0.1) is 23.1 Å². The zero-order chi connectivity index (χ0) is 21.9. The van der Waals surface area contributed by atoms with Crippen molar-refractivity contribution in [1.82, 2.24) is 9.21 Å². The molecule has 1 saturated heterocycles. The molecule has 1 fully saturated rings. The van der Waals surface area contributed by atoms with Crippen molar-refractivity contribution in [1.29, 1.82) is 5.26 Å². The second-order valence-corrected chi connectivity index (χ2v) is 8.61. The van der Waals surface area contributed by atoms with Crippen molar-refractivity contribution in [2.24, 2.45) is 0 Å². The Kier molecular flexibility index (Phi) is 6.43. The van der Waals surface area contributed by atoms with Crippen LogP contribution in [0.2, 0.25) is 0 Å². The molecule has 1 heterocycles. The Labute approximate surface area is 174 Å². The fourth-order valence-corrected chi connectivity index (χ4v) is 5.22. The van der Waals surface area contributed by atoms with Gasteiger partial charge >= 0.3 is 0 Å². The zero-order valence-electron chi connectivity index (χ0n) is 16.5. The summed E-state index contributed by atoms with van der Waals surface area (Å²) in [6.45, 7) is -0.0502. The molecular formula is C20H21F2N3O4S. The van der Waals surface area contributed by atoms with Gasteiger partial charge in [-0.1, -0.05) is 6.07 Å². The number of halogens is 2. The quantitative estimate of drug-likeness (QED) is 0.620. The number of likely N-dealkylation sites (tertiary alicyclic amines) is 1. The molecule has 0 spiro atoms. The molecule has 0 unspecified atom stereocenters. The number of benzene rings is 2. The van der Waals surface area contributed by atoms with Gasteiger partial charge in [0.15, 0.2) is 6.19 Å². The number of methoxy groups -OCH3 is 2. The molecule has 7 nitrogen and oxygen atoms in total. The smallest absolute Gasteiger partial charge is 0.247 e. The van der Waals surface area contributed by atoms with Crippen LogP contribution in [0.4, 0.5) is 8.78 Å². The number of nitriles is 1. The number of ether oxygens (including phenoxy) is 2. The monoisotopic (exact) mass is 437 g/mol. The molecule has 1 aliphatic heterocycles. The van der Waals surface area contributed by atoms with Crippen LogP contribution >= 0.6 is 0 Å². The summed E-state index contributed by atoms with van der Waals surface area (Å²) >= 11 is 0. The highest BCUT2D eigenvalue weighted by Gasteiger charge is 2.38. The van der Waals surface area contributed by atoms with Crippen LogP contribution < -0.4 is 9.47 Å². The molecule has 2 aromatic rings. The lowest BCUT2D eigenvalue weighted by atomic mass is 10.1. The van der Waals surface area contributed by atoms with E-state index in [2.05, 4.69) is 0 Å². The lowest BCUT2D eigenvalue weighted by molar-refractivity contribution is 0.304. The molecule has 0 saturated carbocycles. The van der Waals surface area contributed by atoms with Crippen LogP contribution in [0.15, 0.2) is 41.3 Å². The Morgan fingerprint density at radius 3 is 2.47 bits per heavy atom. The summed E-state index contributed by atoms with van der Waals surface area (Å²) in [5, 5.41) is 9.17. The number of hydrogen-bond donors (Lipinski definition) is 0. The molecule has 0 amide bonds. The van der Waals surface area contributed by atoms with Crippen LogP contribution in [0.1, 0.15) is 12.0 Å². The summed E-state index contributed by atoms with van der Waals surface area (Å²) in [7, 11) is -1.54.